The second-order valence-electron chi connectivity index (χ2n) is 6.08. The molecular formula is C16H22N2O2S. The van der Waals surface area contributed by atoms with Crippen LogP contribution in [0.2, 0.25) is 0 Å². The Kier molecular flexibility index (Phi) is 4.02. The molecular weight excluding hydrogens is 284 g/mol. The van der Waals surface area contributed by atoms with Crippen molar-refractivity contribution < 1.29 is 9.59 Å². The normalized spacial score (nSPS) is 25.2. The molecule has 0 radical (unpaired) electrons. The number of nitrogens with one attached hydrogen (secondary N) is 1. The first-order valence-corrected chi connectivity index (χ1v) is 8.75. The van der Waals surface area contributed by atoms with Gasteiger partial charge in [0.25, 0.3) is 0 Å². The highest BCUT2D eigenvalue weighted by molar-refractivity contribution is 7.07. The van der Waals surface area contributed by atoms with Gasteiger partial charge in [0.05, 0.1) is 0 Å². The Bertz CT molecular complexity index is 520. The minimum atomic E-state index is -0.608. The zero-order valence-corrected chi connectivity index (χ0v) is 13.2. The van der Waals surface area contributed by atoms with Gasteiger partial charge in [0.2, 0.25) is 11.8 Å². The van der Waals surface area contributed by atoms with E-state index in [0.29, 0.717) is 13.0 Å². The molecule has 1 spiro atoms. The van der Waals surface area contributed by atoms with Crippen LogP contribution in [0.3, 0.4) is 0 Å². The molecule has 3 rings (SSSR count). The van der Waals surface area contributed by atoms with E-state index in [1.54, 1.807) is 11.3 Å². The van der Waals surface area contributed by atoms with Crippen molar-refractivity contribution in [3.8, 4) is 0 Å². The number of carbonyl (C=O) groups excluding carboxylic acids is 2. The molecule has 1 saturated heterocycles. The molecule has 1 atom stereocenters. The molecule has 2 heterocycles. The van der Waals surface area contributed by atoms with E-state index >= 15 is 0 Å². The summed E-state index contributed by atoms with van der Waals surface area (Å²) in [6.45, 7) is 2.51. The first-order chi connectivity index (χ1) is 10.2. The van der Waals surface area contributed by atoms with Gasteiger partial charge in [0.1, 0.15) is 11.6 Å². The Morgan fingerprint density at radius 2 is 2.10 bits per heavy atom. The van der Waals surface area contributed by atoms with Crippen molar-refractivity contribution in [2.24, 2.45) is 0 Å². The lowest BCUT2D eigenvalue weighted by molar-refractivity contribution is -0.161. The van der Waals surface area contributed by atoms with Gasteiger partial charge in [-0.15, -0.1) is 0 Å². The highest BCUT2D eigenvalue weighted by Crippen LogP contribution is 2.38. The predicted molar refractivity (Wildman–Crippen MR) is 82.9 cm³/mol. The van der Waals surface area contributed by atoms with Gasteiger partial charge in [-0.1, -0.05) is 26.2 Å². The molecule has 2 aliphatic rings. The van der Waals surface area contributed by atoms with Crippen LogP contribution in [0.5, 0.6) is 0 Å². The highest BCUT2D eigenvalue weighted by Gasteiger charge is 2.52. The van der Waals surface area contributed by atoms with Crippen molar-refractivity contribution >= 4 is 23.2 Å². The van der Waals surface area contributed by atoms with Crippen LogP contribution in [0, 0.1) is 0 Å². The summed E-state index contributed by atoms with van der Waals surface area (Å²) in [5.74, 6) is 0.147. The zero-order chi connectivity index (χ0) is 14.9. The fraction of sp³-hybridized carbons (Fsp3) is 0.625. The number of thiophene rings is 1. The van der Waals surface area contributed by atoms with Gasteiger partial charge >= 0.3 is 0 Å². The maximum Gasteiger partial charge on any atom is 0.246 e. The molecule has 0 aromatic carbocycles. The third kappa shape index (κ3) is 2.48. The Morgan fingerprint density at radius 1 is 1.33 bits per heavy atom. The SMILES string of the molecule is CCC1NC(=O)C2(CCCCC2)N(Cc2ccsc2)C1=O. The minimum absolute atomic E-state index is 0.0591. The number of amides is 2. The summed E-state index contributed by atoms with van der Waals surface area (Å²) in [5.41, 5.74) is 0.519. The number of carbonyl (C=O) groups is 2. The van der Waals surface area contributed by atoms with Gasteiger partial charge in [-0.05, 0) is 41.7 Å². The van der Waals surface area contributed by atoms with Gasteiger partial charge in [0.15, 0.2) is 0 Å². The highest BCUT2D eigenvalue weighted by atomic mass is 32.1. The Balaban J connectivity index is 1.94. The van der Waals surface area contributed by atoms with Gasteiger partial charge in [-0.25, -0.2) is 0 Å². The number of hydrogen-bond donors (Lipinski definition) is 1. The van der Waals surface area contributed by atoms with Crippen molar-refractivity contribution in [3.63, 3.8) is 0 Å². The Hall–Kier alpha value is -1.36. The molecule has 1 saturated carbocycles. The Labute approximate surface area is 129 Å². The van der Waals surface area contributed by atoms with E-state index in [1.807, 2.05) is 23.3 Å². The maximum atomic E-state index is 12.8. The number of piperazine rings is 1. The van der Waals surface area contributed by atoms with Crippen LogP contribution in [0.4, 0.5) is 0 Å². The van der Waals surface area contributed by atoms with E-state index in [0.717, 1.165) is 37.7 Å². The maximum absolute atomic E-state index is 12.8. The van der Waals surface area contributed by atoms with Crippen molar-refractivity contribution in [1.82, 2.24) is 10.2 Å². The van der Waals surface area contributed by atoms with E-state index in [9.17, 15) is 9.59 Å². The van der Waals surface area contributed by atoms with Gasteiger partial charge in [-0.3, -0.25) is 9.59 Å². The lowest BCUT2D eigenvalue weighted by atomic mass is 9.77. The lowest BCUT2D eigenvalue weighted by Crippen LogP contribution is -2.70. The quantitative estimate of drug-likeness (QED) is 0.933. The monoisotopic (exact) mass is 306 g/mol. The fourth-order valence-corrected chi connectivity index (χ4v) is 4.24. The third-order valence-electron chi connectivity index (χ3n) is 4.82. The first-order valence-electron chi connectivity index (χ1n) is 7.81. The summed E-state index contributed by atoms with van der Waals surface area (Å²) in [4.78, 5) is 27.4. The second-order valence-corrected chi connectivity index (χ2v) is 6.86. The molecule has 2 amide bonds. The van der Waals surface area contributed by atoms with E-state index in [2.05, 4.69) is 10.7 Å². The molecule has 1 aliphatic heterocycles. The zero-order valence-electron chi connectivity index (χ0n) is 12.4. The van der Waals surface area contributed by atoms with Crippen molar-refractivity contribution in [2.75, 3.05) is 0 Å². The smallest absolute Gasteiger partial charge is 0.246 e. The van der Waals surface area contributed by atoms with Crippen molar-refractivity contribution in [2.45, 2.75) is 63.6 Å². The van der Waals surface area contributed by atoms with Gasteiger partial charge in [-0.2, -0.15) is 11.3 Å². The van der Waals surface area contributed by atoms with Crippen LogP contribution in [-0.4, -0.2) is 28.3 Å². The molecule has 1 unspecified atom stereocenters. The summed E-state index contributed by atoms with van der Waals surface area (Å²) < 4.78 is 0. The van der Waals surface area contributed by atoms with Crippen LogP contribution in [0.1, 0.15) is 51.0 Å². The van der Waals surface area contributed by atoms with Gasteiger partial charge < -0.3 is 10.2 Å². The van der Waals surface area contributed by atoms with Crippen LogP contribution >= 0.6 is 11.3 Å². The topological polar surface area (TPSA) is 49.4 Å². The molecule has 1 aromatic rings. The largest absolute Gasteiger partial charge is 0.342 e. The minimum Gasteiger partial charge on any atom is -0.342 e. The second kappa shape index (κ2) is 5.79. The summed E-state index contributed by atoms with van der Waals surface area (Å²) in [7, 11) is 0. The number of hydrogen-bond acceptors (Lipinski definition) is 3. The van der Waals surface area contributed by atoms with E-state index in [1.165, 1.54) is 0 Å². The number of nitrogens with zero attached hydrogens (tertiary/aromatic N) is 1. The van der Waals surface area contributed by atoms with Crippen LogP contribution in [-0.2, 0) is 16.1 Å². The molecule has 4 nitrogen and oxygen atoms in total. The molecule has 5 heteroatoms. The summed E-state index contributed by atoms with van der Waals surface area (Å²) in [5, 5.41) is 7.05. The van der Waals surface area contributed by atoms with E-state index < -0.39 is 5.54 Å². The molecule has 114 valence electrons. The van der Waals surface area contributed by atoms with Crippen molar-refractivity contribution in [3.05, 3.63) is 22.4 Å². The predicted octanol–water partition coefficient (Wildman–Crippen LogP) is 2.69. The standard InChI is InChI=1S/C16H22N2O2S/c1-2-13-14(19)18(10-12-6-9-21-11-12)16(15(20)17-13)7-4-3-5-8-16/h6,9,11,13H,2-5,7-8,10H2,1H3,(H,17,20). The summed E-state index contributed by atoms with van der Waals surface area (Å²) in [6, 6.07) is 1.69. The Morgan fingerprint density at radius 3 is 2.71 bits per heavy atom. The van der Waals surface area contributed by atoms with Crippen LogP contribution in [0.15, 0.2) is 16.8 Å². The third-order valence-corrected chi connectivity index (χ3v) is 5.55. The number of rotatable bonds is 3. The molecule has 2 fully saturated rings. The lowest BCUT2D eigenvalue weighted by Gasteiger charge is -2.50. The molecule has 0 bridgehead atoms. The summed E-state index contributed by atoms with van der Waals surface area (Å²) >= 11 is 1.63. The van der Waals surface area contributed by atoms with Gasteiger partial charge in [0, 0.05) is 6.54 Å². The average Bonchev–Trinajstić information content (AvgIpc) is 3.02. The molecule has 1 aliphatic carbocycles. The van der Waals surface area contributed by atoms with E-state index in [-0.39, 0.29) is 17.9 Å². The molecule has 1 aromatic heterocycles. The molecule has 1 N–H and O–H groups in total. The summed E-state index contributed by atoms with van der Waals surface area (Å²) in [6.07, 6.45) is 5.46. The van der Waals surface area contributed by atoms with Crippen LogP contribution < -0.4 is 5.32 Å². The van der Waals surface area contributed by atoms with Crippen LogP contribution in [0.25, 0.3) is 0 Å². The van der Waals surface area contributed by atoms with E-state index in [4.69, 9.17) is 0 Å². The van der Waals surface area contributed by atoms with Crippen molar-refractivity contribution in [1.29, 1.82) is 0 Å². The first kappa shape index (κ1) is 14.6. The molecule has 21 heavy (non-hydrogen) atoms. The average molecular weight is 306 g/mol. The fourth-order valence-electron chi connectivity index (χ4n) is 3.58.